The maximum absolute atomic E-state index is 12.1. The fourth-order valence-corrected chi connectivity index (χ4v) is 2.97. The Morgan fingerprint density at radius 3 is 2.76 bits per heavy atom. The van der Waals surface area contributed by atoms with E-state index in [1.165, 1.54) is 18.4 Å². The van der Waals surface area contributed by atoms with Gasteiger partial charge in [0.2, 0.25) is 5.91 Å². The van der Waals surface area contributed by atoms with Gasteiger partial charge in [0.15, 0.2) is 0 Å². The number of thiophene rings is 1. The van der Waals surface area contributed by atoms with Gasteiger partial charge in [-0.3, -0.25) is 9.48 Å². The van der Waals surface area contributed by atoms with Crippen LogP contribution in [0.4, 0.5) is 5.00 Å². The molecule has 2 aromatic heterocycles. The number of halogens is 1. The normalized spacial score (nSPS) is 10.5. The minimum absolute atomic E-state index is 0.0784. The van der Waals surface area contributed by atoms with E-state index in [0.717, 1.165) is 15.0 Å². The smallest absolute Gasteiger partial charge is 0.340 e. The molecule has 2 heterocycles. The molecular weight excluding hydrogens is 358 g/mol. The van der Waals surface area contributed by atoms with Gasteiger partial charge in [0.1, 0.15) is 11.5 Å². The third kappa shape index (κ3) is 3.51. The zero-order chi connectivity index (χ0) is 15.6. The maximum atomic E-state index is 12.1. The lowest BCUT2D eigenvalue weighted by Crippen LogP contribution is -2.20. The number of rotatable bonds is 4. The molecule has 1 amide bonds. The SMILES string of the molecule is COC(=O)c1cc(C)sc1NC(=O)Cn1ncc(Br)c1C. The van der Waals surface area contributed by atoms with Crippen molar-refractivity contribution in [2.75, 3.05) is 12.4 Å². The molecule has 2 aromatic rings. The van der Waals surface area contributed by atoms with Gasteiger partial charge in [-0.2, -0.15) is 5.10 Å². The highest BCUT2D eigenvalue weighted by Crippen LogP contribution is 2.28. The predicted molar refractivity (Wildman–Crippen MR) is 83.7 cm³/mol. The van der Waals surface area contributed by atoms with Crippen LogP contribution in [-0.4, -0.2) is 28.8 Å². The molecule has 0 aromatic carbocycles. The van der Waals surface area contributed by atoms with Gasteiger partial charge in [-0.25, -0.2) is 4.79 Å². The average molecular weight is 372 g/mol. The number of aryl methyl sites for hydroxylation is 1. The Labute approximate surface area is 134 Å². The van der Waals surface area contributed by atoms with Crippen molar-refractivity contribution in [3.05, 3.63) is 32.9 Å². The third-order valence-corrected chi connectivity index (χ3v) is 4.59. The Hall–Kier alpha value is -1.67. The molecule has 2 rings (SSSR count). The van der Waals surface area contributed by atoms with Crippen LogP contribution in [0.1, 0.15) is 20.9 Å². The lowest BCUT2D eigenvalue weighted by atomic mass is 10.3. The number of nitrogens with one attached hydrogen (secondary N) is 1. The van der Waals surface area contributed by atoms with Crippen molar-refractivity contribution in [3.63, 3.8) is 0 Å². The summed E-state index contributed by atoms with van der Waals surface area (Å²) in [5.74, 6) is -0.714. The Morgan fingerprint density at radius 1 is 1.48 bits per heavy atom. The Morgan fingerprint density at radius 2 is 2.19 bits per heavy atom. The molecule has 0 spiro atoms. The largest absolute Gasteiger partial charge is 0.465 e. The first-order valence-electron chi connectivity index (χ1n) is 6.09. The molecule has 8 heteroatoms. The van der Waals surface area contributed by atoms with Crippen LogP contribution in [0, 0.1) is 13.8 Å². The monoisotopic (exact) mass is 371 g/mol. The molecule has 0 aliphatic heterocycles. The first-order valence-corrected chi connectivity index (χ1v) is 7.69. The molecule has 21 heavy (non-hydrogen) atoms. The maximum Gasteiger partial charge on any atom is 0.340 e. The van der Waals surface area contributed by atoms with Crippen LogP contribution in [0.2, 0.25) is 0 Å². The van der Waals surface area contributed by atoms with Crippen LogP contribution in [0.25, 0.3) is 0 Å². The van der Waals surface area contributed by atoms with Gasteiger partial charge in [-0.15, -0.1) is 11.3 Å². The average Bonchev–Trinajstić information content (AvgIpc) is 2.95. The third-order valence-electron chi connectivity index (χ3n) is 2.85. The van der Waals surface area contributed by atoms with Crippen molar-refractivity contribution >= 4 is 44.1 Å². The molecule has 0 radical (unpaired) electrons. The summed E-state index contributed by atoms with van der Waals surface area (Å²) in [7, 11) is 1.31. The highest BCUT2D eigenvalue weighted by Gasteiger charge is 2.18. The molecule has 0 bridgehead atoms. The first-order chi connectivity index (χ1) is 9.92. The van der Waals surface area contributed by atoms with Crippen LogP contribution in [0.3, 0.4) is 0 Å². The summed E-state index contributed by atoms with van der Waals surface area (Å²) in [4.78, 5) is 24.7. The first kappa shape index (κ1) is 15.7. The van der Waals surface area contributed by atoms with Crippen LogP contribution in [-0.2, 0) is 16.1 Å². The number of carbonyl (C=O) groups is 2. The zero-order valence-electron chi connectivity index (χ0n) is 11.8. The van der Waals surface area contributed by atoms with Crippen molar-refractivity contribution in [1.82, 2.24) is 9.78 Å². The van der Waals surface area contributed by atoms with Crippen LogP contribution in [0.5, 0.6) is 0 Å². The molecule has 0 saturated carbocycles. The fraction of sp³-hybridized carbons (Fsp3) is 0.308. The number of carbonyl (C=O) groups excluding carboxylic acids is 2. The molecule has 0 aliphatic carbocycles. The predicted octanol–water partition coefficient (Wildman–Crippen LogP) is 2.75. The standard InChI is InChI=1S/C13H14BrN3O3S/c1-7-4-9(13(19)20-3)12(21-7)16-11(18)6-17-8(2)10(14)5-15-17/h4-5H,6H2,1-3H3,(H,16,18). The lowest BCUT2D eigenvalue weighted by molar-refractivity contribution is -0.116. The van der Waals surface area contributed by atoms with Gasteiger partial charge in [0, 0.05) is 4.88 Å². The summed E-state index contributed by atoms with van der Waals surface area (Å²) < 4.78 is 7.13. The molecule has 0 saturated heterocycles. The molecule has 0 aliphatic rings. The highest BCUT2D eigenvalue weighted by molar-refractivity contribution is 9.10. The summed E-state index contributed by atoms with van der Waals surface area (Å²) in [6, 6.07) is 1.70. The summed E-state index contributed by atoms with van der Waals surface area (Å²) in [5.41, 5.74) is 1.23. The molecular formula is C13H14BrN3O3S. The lowest BCUT2D eigenvalue weighted by Gasteiger charge is -2.07. The molecule has 0 atom stereocenters. The van der Waals surface area contributed by atoms with Gasteiger partial charge >= 0.3 is 5.97 Å². The minimum atomic E-state index is -0.465. The van der Waals surface area contributed by atoms with Crippen LogP contribution >= 0.6 is 27.3 Å². The van der Waals surface area contributed by atoms with Gasteiger partial charge in [0.05, 0.1) is 29.0 Å². The molecule has 0 unspecified atom stereocenters. The molecule has 112 valence electrons. The van der Waals surface area contributed by atoms with E-state index in [1.807, 2.05) is 13.8 Å². The van der Waals surface area contributed by atoms with E-state index in [9.17, 15) is 9.59 Å². The number of hydrogen-bond donors (Lipinski definition) is 1. The van der Waals surface area contributed by atoms with E-state index < -0.39 is 5.97 Å². The van der Waals surface area contributed by atoms with E-state index in [1.54, 1.807) is 16.9 Å². The van der Waals surface area contributed by atoms with Crippen molar-refractivity contribution in [2.45, 2.75) is 20.4 Å². The van der Waals surface area contributed by atoms with Crippen LogP contribution in [0.15, 0.2) is 16.7 Å². The number of anilines is 1. The zero-order valence-corrected chi connectivity index (χ0v) is 14.2. The van der Waals surface area contributed by atoms with E-state index in [2.05, 4.69) is 26.3 Å². The van der Waals surface area contributed by atoms with Crippen molar-refractivity contribution in [3.8, 4) is 0 Å². The topological polar surface area (TPSA) is 73.2 Å². The Balaban J connectivity index is 2.13. The van der Waals surface area contributed by atoms with Gasteiger partial charge in [-0.1, -0.05) is 0 Å². The molecule has 1 N–H and O–H groups in total. The molecule has 6 nitrogen and oxygen atoms in total. The van der Waals surface area contributed by atoms with Crippen LogP contribution < -0.4 is 5.32 Å². The summed E-state index contributed by atoms with van der Waals surface area (Å²) in [5, 5.41) is 7.32. The number of amides is 1. The second kappa shape index (κ2) is 6.40. The summed E-state index contributed by atoms with van der Waals surface area (Å²) >= 11 is 4.68. The van der Waals surface area contributed by atoms with E-state index >= 15 is 0 Å². The number of esters is 1. The number of nitrogens with zero attached hydrogens (tertiary/aromatic N) is 2. The quantitative estimate of drug-likeness (QED) is 0.838. The second-order valence-corrected chi connectivity index (χ2v) is 6.49. The van der Waals surface area contributed by atoms with Crippen molar-refractivity contribution in [2.24, 2.45) is 0 Å². The van der Waals surface area contributed by atoms with Crippen molar-refractivity contribution in [1.29, 1.82) is 0 Å². The van der Waals surface area contributed by atoms with Gasteiger partial charge < -0.3 is 10.1 Å². The Kier molecular flexibility index (Phi) is 4.79. The second-order valence-electron chi connectivity index (χ2n) is 4.38. The van der Waals surface area contributed by atoms with E-state index in [0.29, 0.717) is 10.6 Å². The van der Waals surface area contributed by atoms with E-state index in [-0.39, 0.29) is 12.5 Å². The number of aromatic nitrogens is 2. The van der Waals surface area contributed by atoms with E-state index in [4.69, 9.17) is 4.74 Å². The molecule has 0 fully saturated rings. The number of methoxy groups -OCH3 is 1. The van der Waals surface area contributed by atoms with Gasteiger partial charge in [0.25, 0.3) is 0 Å². The summed E-state index contributed by atoms with van der Waals surface area (Å²) in [6.07, 6.45) is 1.64. The van der Waals surface area contributed by atoms with Crippen molar-refractivity contribution < 1.29 is 14.3 Å². The van der Waals surface area contributed by atoms with Gasteiger partial charge in [-0.05, 0) is 35.8 Å². The fourth-order valence-electron chi connectivity index (χ4n) is 1.75. The minimum Gasteiger partial charge on any atom is -0.465 e. The number of hydrogen-bond acceptors (Lipinski definition) is 5. The highest BCUT2D eigenvalue weighted by atomic mass is 79.9. The summed E-state index contributed by atoms with van der Waals surface area (Å²) in [6.45, 7) is 3.80. The number of ether oxygens (including phenoxy) is 1. The Bertz CT molecular complexity index is 693.